The van der Waals surface area contributed by atoms with Crippen LogP contribution in [-0.4, -0.2) is 48.1 Å². The summed E-state index contributed by atoms with van der Waals surface area (Å²) in [5, 5.41) is 10.7. The molecule has 0 saturated carbocycles. The predicted octanol–water partition coefficient (Wildman–Crippen LogP) is 3.28. The van der Waals surface area contributed by atoms with Crippen LogP contribution in [0.25, 0.3) is 0 Å². The molecule has 0 spiro atoms. The van der Waals surface area contributed by atoms with E-state index in [0.717, 1.165) is 11.1 Å². The van der Waals surface area contributed by atoms with Crippen LogP contribution in [0.1, 0.15) is 11.1 Å². The lowest BCUT2D eigenvalue weighted by molar-refractivity contribution is -0.0540. The molecule has 4 nitrogen and oxygen atoms in total. The fourth-order valence-corrected chi connectivity index (χ4v) is 4.64. The third-order valence-corrected chi connectivity index (χ3v) is 5.96. The number of methoxy groups -OCH3 is 1. The topological polar surface area (TPSA) is 47.9 Å². The van der Waals surface area contributed by atoms with Crippen molar-refractivity contribution in [3.05, 3.63) is 71.8 Å². The molecule has 0 amide bonds. The molecule has 1 heterocycles. The van der Waals surface area contributed by atoms with Gasteiger partial charge in [0.05, 0.1) is 49.1 Å². The molecule has 1 saturated heterocycles. The minimum absolute atomic E-state index is 0.00565. The standard InChI is InChI=1S/C21H26O4S/c1-23-14-18-20(22)21(25-13-17-10-6-3-7-11-17)19(26-18)15-24-12-16-8-4-2-5-9-16/h2-11,18-22H,12-15H2,1H3/t18?,19-,20-,21-/m1/s1. The summed E-state index contributed by atoms with van der Waals surface area (Å²) in [7, 11) is 1.66. The van der Waals surface area contributed by atoms with E-state index in [1.54, 1.807) is 18.9 Å². The molecule has 2 aromatic carbocycles. The highest BCUT2D eigenvalue weighted by atomic mass is 32.2. The van der Waals surface area contributed by atoms with Gasteiger partial charge in [-0.25, -0.2) is 0 Å². The first-order chi connectivity index (χ1) is 12.8. The number of aliphatic hydroxyl groups is 1. The summed E-state index contributed by atoms with van der Waals surface area (Å²) < 4.78 is 17.2. The second-order valence-electron chi connectivity index (χ2n) is 6.42. The number of ether oxygens (including phenoxy) is 3. The Bertz CT molecular complexity index is 637. The maximum atomic E-state index is 10.7. The van der Waals surface area contributed by atoms with E-state index in [-0.39, 0.29) is 16.6 Å². The van der Waals surface area contributed by atoms with Crippen molar-refractivity contribution in [2.24, 2.45) is 0 Å². The minimum atomic E-state index is -0.561. The second kappa shape index (κ2) is 10.1. The van der Waals surface area contributed by atoms with Crippen LogP contribution in [0.2, 0.25) is 0 Å². The number of rotatable bonds is 9. The molecule has 1 N–H and O–H groups in total. The molecule has 0 aromatic heterocycles. The molecule has 1 fully saturated rings. The van der Waals surface area contributed by atoms with E-state index >= 15 is 0 Å². The largest absolute Gasteiger partial charge is 0.389 e. The van der Waals surface area contributed by atoms with Gasteiger partial charge in [-0.2, -0.15) is 0 Å². The molecule has 1 aliphatic rings. The van der Waals surface area contributed by atoms with Gasteiger partial charge in [0.25, 0.3) is 0 Å². The van der Waals surface area contributed by atoms with Gasteiger partial charge in [-0.3, -0.25) is 0 Å². The summed E-state index contributed by atoms with van der Waals surface area (Å²) in [6.45, 7) is 2.09. The zero-order chi connectivity index (χ0) is 18.2. The first-order valence-electron chi connectivity index (χ1n) is 8.87. The second-order valence-corrected chi connectivity index (χ2v) is 7.90. The van der Waals surface area contributed by atoms with E-state index in [1.165, 1.54) is 0 Å². The van der Waals surface area contributed by atoms with E-state index in [9.17, 15) is 5.11 Å². The lowest BCUT2D eigenvalue weighted by Gasteiger charge is -2.22. The molecule has 3 rings (SSSR count). The average molecular weight is 375 g/mol. The van der Waals surface area contributed by atoms with E-state index in [0.29, 0.717) is 26.4 Å². The van der Waals surface area contributed by atoms with Gasteiger partial charge in [0.1, 0.15) is 0 Å². The van der Waals surface area contributed by atoms with E-state index in [2.05, 4.69) is 0 Å². The number of hydrogen-bond acceptors (Lipinski definition) is 5. The Balaban J connectivity index is 1.56. The Morgan fingerprint density at radius 1 is 0.846 bits per heavy atom. The molecular weight excluding hydrogens is 348 g/mol. The zero-order valence-corrected chi connectivity index (χ0v) is 15.8. The predicted molar refractivity (Wildman–Crippen MR) is 104 cm³/mol. The van der Waals surface area contributed by atoms with Crippen molar-refractivity contribution < 1.29 is 19.3 Å². The molecule has 5 heteroatoms. The number of thioether (sulfide) groups is 1. The zero-order valence-electron chi connectivity index (χ0n) is 15.0. The summed E-state index contributed by atoms with van der Waals surface area (Å²) in [5.74, 6) is 0. The molecule has 1 aliphatic heterocycles. The highest BCUT2D eigenvalue weighted by Crippen LogP contribution is 2.37. The van der Waals surface area contributed by atoms with Gasteiger partial charge in [0, 0.05) is 7.11 Å². The fourth-order valence-electron chi connectivity index (χ4n) is 3.09. The lowest BCUT2D eigenvalue weighted by Crippen LogP contribution is -2.37. The first-order valence-corrected chi connectivity index (χ1v) is 9.82. The molecule has 4 atom stereocenters. The molecule has 0 aliphatic carbocycles. The summed E-state index contributed by atoms with van der Waals surface area (Å²) in [6, 6.07) is 20.1. The number of hydrogen-bond donors (Lipinski definition) is 1. The molecule has 1 unspecified atom stereocenters. The highest BCUT2D eigenvalue weighted by Gasteiger charge is 2.44. The van der Waals surface area contributed by atoms with Crippen LogP contribution in [-0.2, 0) is 27.4 Å². The monoisotopic (exact) mass is 374 g/mol. The number of benzene rings is 2. The Morgan fingerprint density at radius 3 is 2.08 bits per heavy atom. The van der Waals surface area contributed by atoms with Gasteiger partial charge in [-0.05, 0) is 11.1 Å². The van der Waals surface area contributed by atoms with E-state index in [4.69, 9.17) is 14.2 Å². The van der Waals surface area contributed by atoms with Crippen LogP contribution >= 0.6 is 11.8 Å². The van der Waals surface area contributed by atoms with Crippen LogP contribution in [0.3, 0.4) is 0 Å². The maximum absolute atomic E-state index is 10.7. The van der Waals surface area contributed by atoms with Crippen molar-refractivity contribution in [3.8, 4) is 0 Å². The summed E-state index contributed by atoms with van der Waals surface area (Å²) in [5.41, 5.74) is 2.25. The van der Waals surface area contributed by atoms with Crippen molar-refractivity contribution >= 4 is 11.8 Å². The van der Waals surface area contributed by atoms with E-state index < -0.39 is 6.10 Å². The smallest absolute Gasteiger partial charge is 0.0990 e. The average Bonchev–Trinajstić information content (AvgIpc) is 2.97. The first kappa shape index (κ1) is 19.4. The van der Waals surface area contributed by atoms with Crippen LogP contribution in [0.15, 0.2) is 60.7 Å². The highest BCUT2D eigenvalue weighted by molar-refractivity contribution is 8.01. The SMILES string of the molecule is COCC1S[C@H](COCc2ccccc2)[C@@H](OCc2ccccc2)[C@@H]1O. The van der Waals surface area contributed by atoms with E-state index in [1.807, 2.05) is 60.7 Å². The molecule has 0 radical (unpaired) electrons. The van der Waals surface area contributed by atoms with Crippen molar-refractivity contribution in [1.82, 2.24) is 0 Å². The third kappa shape index (κ3) is 5.32. The quantitative estimate of drug-likeness (QED) is 0.730. The Morgan fingerprint density at radius 2 is 1.46 bits per heavy atom. The number of aliphatic hydroxyl groups excluding tert-OH is 1. The van der Waals surface area contributed by atoms with Crippen LogP contribution in [0.4, 0.5) is 0 Å². The van der Waals surface area contributed by atoms with Crippen LogP contribution in [0.5, 0.6) is 0 Å². The fraction of sp³-hybridized carbons (Fsp3) is 0.429. The van der Waals surface area contributed by atoms with Gasteiger partial charge in [-0.15, -0.1) is 11.8 Å². The van der Waals surface area contributed by atoms with Crippen molar-refractivity contribution in [2.45, 2.75) is 35.9 Å². The Kier molecular flexibility index (Phi) is 7.53. The summed E-state index contributed by atoms with van der Waals surface area (Å²) in [4.78, 5) is 0. The van der Waals surface area contributed by atoms with Gasteiger partial charge < -0.3 is 19.3 Å². The normalized spacial score (nSPS) is 25.5. The Labute approximate surface area is 159 Å². The Hall–Kier alpha value is -1.37. The van der Waals surface area contributed by atoms with Gasteiger partial charge in [-0.1, -0.05) is 60.7 Å². The summed E-state index contributed by atoms with van der Waals surface area (Å²) in [6.07, 6.45) is -0.829. The third-order valence-electron chi connectivity index (χ3n) is 4.44. The summed E-state index contributed by atoms with van der Waals surface area (Å²) >= 11 is 1.70. The molecule has 2 aromatic rings. The van der Waals surface area contributed by atoms with Crippen LogP contribution in [0, 0.1) is 0 Å². The van der Waals surface area contributed by atoms with Gasteiger partial charge in [0.15, 0.2) is 0 Å². The van der Waals surface area contributed by atoms with Gasteiger partial charge >= 0.3 is 0 Å². The maximum Gasteiger partial charge on any atom is 0.0990 e. The van der Waals surface area contributed by atoms with Crippen LogP contribution < -0.4 is 0 Å². The van der Waals surface area contributed by atoms with Crippen molar-refractivity contribution in [3.63, 3.8) is 0 Å². The minimum Gasteiger partial charge on any atom is -0.389 e. The van der Waals surface area contributed by atoms with Gasteiger partial charge in [0.2, 0.25) is 0 Å². The van der Waals surface area contributed by atoms with Crippen molar-refractivity contribution in [2.75, 3.05) is 20.3 Å². The molecular formula is C21H26O4S. The molecule has 140 valence electrons. The molecule has 26 heavy (non-hydrogen) atoms. The molecule has 0 bridgehead atoms. The van der Waals surface area contributed by atoms with Crippen molar-refractivity contribution in [1.29, 1.82) is 0 Å². The lowest BCUT2D eigenvalue weighted by atomic mass is 10.1.